The SMILES string of the molecule is Cc1ccc(-c2cc3c(s2)c2sc(-c4ccnc(C5=CC(C(=O)O)=CC(C6C=C(C(=O)O)C=CN6C)N5)c4)cc2n3C)o1. The zero-order chi connectivity index (χ0) is 30.0. The first-order chi connectivity index (χ1) is 20.7. The molecular weight excluding hydrogens is 585 g/mol. The number of carboxylic acids is 2. The molecule has 0 aliphatic carbocycles. The van der Waals surface area contributed by atoms with Gasteiger partial charge in [-0.3, -0.25) is 4.98 Å². The predicted molar refractivity (Wildman–Crippen MR) is 169 cm³/mol. The van der Waals surface area contributed by atoms with E-state index in [0.29, 0.717) is 11.4 Å². The van der Waals surface area contributed by atoms with Gasteiger partial charge in [-0.15, -0.1) is 22.7 Å². The number of hydrogen-bond donors (Lipinski definition) is 3. The number of aryl methyl sites for hydroxylation is 2. The van der Waals surface area contributed by atoms with E-state index >= 15 is 0 Å². The Morgan fingerprint density at radius 1 is 0.953 bits per heavy atom. The first kappa shape index (κ1) is 27.0. The number of hydrogen-bond acceptors (Lipinski definition) is 8. The molecule has 0 fully saturated rings. The molecule has 11 heteroatoms. The van der Waals surface area contributed by atoms with Crippen molar-refractivity contribution >= 4 is 60.7 Å². The lowest BCUT2D eigenvalue weighted by Gasteiger charge is -2.35. The Kier molecular flexibility index (Phi) is 6.37. The standard InChI is InChI=1S/C32H26N4O5S2/c1-16-4-5-26(41-16)28-15-25-30(43-28)29-24(36(25)3)14-27(42-29)17-6-8-33-20(10-17)21-11-19(32(39)40)12-22(34-21)23-13-18(31(37)38)7-9-35(23)2/h4-15,22-23,34H,1-3H3,(H,37,38)(H,39,40). The van der Waals surface area contributed by atoms with Crippen molar-refractivity contribution in [3.8, 4) is 21.1 Å². The second-order valence-corrected chi connectivity index (χ2v) is 12.7. The van der Waals surface area contributed by atoms with E-state index in [0.717, 1.165) is 37.9 Å². The lowest BCUT2D eigenvalue weighted by molar-refractivity contribution is -0.133. The van der Waals surface area contributed by atoms with Gasteiger partial charge in [-0.25, -0.2) is 9.59 Å². The van der Waals surface area contributed by atoms with Crippen LogP contribution < -0.4 is 5.32 Å². The molecule has 43 heavy (non-hydrogen) atoms. The molecule has 2 aliphatic heterocycles. The normalized spacial score (nSPS) is 18.5. The number of nitrogens with zero attached hydrogens (tertiary/aromatic N) is 3. The number of aliphatic carboxylic acids is 2. The summed E-state index contributed by atoms with van der Waals surface area (Å²) in [6.07, 6.45) is 9.75. The third kappa shape index (κ3) is 4.66. The summed E-state index contributed by atoms with van der Waals surface area (Å²) in [6.45, 7) is 1.94. The van der Waals surface area contributed by atoms with Crippen LogP contribution in [-0.2, 0) is 16.6 Å². The Balaban J connectivity index is 1.24. The number of carbonyl (C=O) groups is 2. The maximum Gasteiger partial charge on any atom is 0.335 e. The van der Waals surface area contributed by atoms with Gasteiger partial charge in [-0.05, 0) is 73.2 Å². The van der Waals surface area contributed by atoms with Gasteiger partial charge in [-0.1, -0.05) is 0 Å². The summed E-state index contributed by atoms with van der Waals surface area (Å²) in [4.78, 5) is 32.3. The second kappa shape index (κ2) is 10.1. The minimum absolute atomic E-state index is 0.115. The fourth-order valence-corrected chi connectivity index (χ4v) is 8.04. The highest BCUT2D eigenvalue weighted by atomic mass is 32.1. The quantitative estimate of drug-likeness (QED) is 0.206. The van der Waals surface area contributed by atoms with E-state index in [1.807, 2.05) is 43.1 Å². The number of carboxylic acid groups (broad SMARTS) is 2. The summed E-state index contributed by atoms with van der Waals surface area (Å²) in [7, 11) is 3.90. The average Bonchev–Trinajstić information content (AvgIpc) is 3.77. The summed E-state index contributed by atoms with van der Waals surface area (Å²) < 4.78 is 10.5. The zero-order valence-corrected chi connectivity index (χ0v) is 25.0. The molecule has 3 N–H and O–H groups in total. The number of pyridine rings is 1. The van der Waals surface area contributed by atoms with E-state index in [1.54, 1.807) is 53.3 Å². The number of dihydropyridines is 1. The van der Waals surface area contributed by atoms with Crippen LogP contribution >= 0.6 is 22.7 Å². The average molecular weight is 611 g/mol. The van der Waals surface area contributed by atoms with E-state index in [-0.39, 0.29) is 11.1 Å². The third-order valence-corrected chi connectivity index (χ3v) is 10.3. The molecule has 216 valence electrons. The van der Waals surface area contributed by atoms with Gasteiger partial charge in [-0.2, -0.15) is 0 Å². The molecule has 0 spiro atoms. The smallest absolute Gasteiger partial charge is 0.335 e. The molecule has 0 bridgehead atoms. The lowest BCUT2D eigenvalue weighted by Crippen LogP contribution is -2.47. The molecule has 5 aromatic rings. The van der Waals surface area contributed by atoms with Crippen molar-refractivity contribution < 1.29 is 24.2 Å². The van der Waals surface area contributed by atoms with Crippen LogP contribution in [0, 0.1) is 6.92 Å². The molecular formula is C32H26N4O5S2. The van der Waals surface area contributed by atoms with Crippen LogP contribution in [0.15, 0.2) is 88.7 Å². The number of likely N-dealkylation sites (N-methyl/N-ethyl adjacent to an activating group) is 1. The minimum Gasteiger partial charge on any atom is -0.478 e. The van der Waals surface area contributed by atoms with Crippen molar-refractivity contribution in [1.82, 2.24) is 19.8 Å². The molecule has 0 radical (unpaired) electrons. The van der Waals surface area contributed by atoms with E-state index in [1.165, 1.54) is 15.5 Å². The Morgan fingerprint density at radius 2 is 1.67 bits per heavy atom. The van der Waals surface area contributed by atoms with Gasteiger partial charge in [0, 0.05) is 31.4 Å². The number of thiophene rings is 2. The second-order valence-electron chi connectivity index (χ2n) is 10.6. The summed E-state index contributed by atoms with van der Waals surface area (Å²) >= 11 is 3.43. The van der Waals surface area contributed by atoms with Gasteiger partial charge < -0.3 is 29.4 Å². The van der Waals surface area contributed by atoms with Crippen LogP contribution in [0.3, 0.4) is 0 Å². The monoisotopic (exact) mass is 610 g/mol. The molecule has 9 nitrogen and oxygen atoms in total. The number of aromatic nitrogens is 2. The highest BCUT2D eigenvalue weighted by molar-refractivity contribution is 7.30. The van der Waals surface area contributed by atoms with E-state index in [4.69, 9.17) is 4.42 Å². The Bertz CT molecular complexity index is 2090. The van der Waals surface area contributed by atoms with Gasteiger partial charge in [0.2, 0.25) is 0 Å². The highest BCUT2D eigenvalue weighted by Crippen LogP contribution is 2.45. The van der Waals surface area contributed by atoms with Crippen molar-refractivity contribution in [2.75, 3.05) is 7.05 Å². The third-order valence-electron chi connectivity index (χ3n) is 7.81. The topological polar surface area (TPSA) is 121 Å². The van der Waals surface area contributed by atoms with Crippen LogP contribution in [0.2, 0.25) is 0 Å². The zero-order valence-electron chi connectivity index (χ0n) is 23.4. The molecule has 0 aromatic carbocycles. The number of nitrogens with one attached hydrogen (secondary N) is 1. The number of fused-ring (bicyclic) bond motifs is 3. The summed E-state index contributed by atoms with van der Waals surface area (Å²) in [5.41, 5.74) is 4.69. The van der Waals surface area contributed by atoms with Crippen LogP contribution in [0.5, 0.6) is 0 Å². The van der Waals surface area contributed by atoms with E-state index in [9.17, 15) is 19.8 Å². The Hall–Kier alpha value is -4.87. The first-order valence-electron chi connectivity index (χ1n) is 13.5. The van der Waals surface area contributed by atoms with Crippen molar-refractivity contribution in [2.24, 2.45) is 7.05 Å². The lowest BCUT2D eigenvalue weighted by atomic mass is 9.94. The van der Waals surface area contributed by atoms with Gasteiger partial charge >= 0.3 is 11.9 Å². The van der Waals surface area contributed by atoms with Crippen molar-refractivity contribution in [1.29, 1.82) is 0 Å². The Morgan fingerprint density at radius 3 is 2.37 bits per heavy atom. The molecule has 0 amide bonds. The van der Waals surface area contributed by atoms with Gasteiger partial charge in [0.25, 0.3) is 0 Å². The molecule has 7 rings (SSSR count). The van der Waals surface area contributed by atoms with Gasteiger partial charge in [0.15, 0.2) is 0 Å². The maximum absolute atomic E-state index is 12.1. The van der Waals surface area contributed by atoms with Crippen LogP contribution in [-0.4, -0.2) is 55.7 Å². The van der Waals surface area contributed by atoms with Gasteiger partial charge in [0.1, 0.15) is 11.5 Å². The van der Waals surface area contributed by atoms with Crippen molar-refractivity contribution in [3.63, 3.8) is 0 Å². The summed E-state index contributed by atoms with van der Waals surface area (Å²) in [5.74, 6) is -0.347. The maximum atomic E-state index is 12.1. The largest absolute Gasteiger partial charge is 0.478 e. The van der Waals surface area contributed by atoms with Crippen LogP contribution in [0.4, 0.5) is 0 Å². The minimum atomic E-state index is -1.06. The predicted octanol–water partition coefficient (Wildman–Crippen LogP) is 6.25. The summed E-state index contributed by atoms with van der Waals surface area (Å²) in [5, 5.41) is 22.8. The van der Waals surface area contributed by atoms with E-state index < -0.39 is 24.0 Å². The van der Waals surface area contributed by atoms with Crippen molar-refractivity contribution in [2.45, 2.75) is 19.0 Å². The number of rotatable bonds is 6. The fraction of sp³-hybridized carbons (Fsp3) is 0.156. The molecule has 7 heterocycles. The van der Waals surface area contributed by atoms with Crippen LogP contribution in [0.25, 0.3) is 47.2 Å². The molecule has 0 saturated carbocycles. The molecule has 0 saturated heterocycles. The molecule has 2 atom stereocenters. The molecule has 2 aliphatic rings. The van der Waals surface area contributed by atoms with E-state index in [2.05, 4.69) is 34.0 Å². The first-order valence-corrected chi connectivity index (χ1v) is 15.1. The molecule has 5 aromatic heterocycles. The number of furan rings is 1. The molecule has 2 unspecified atom stereocenters. The van der Waals surface area contributed by atoms with Gasteiger partial charge in [0.05, 0.1) is 59.9 Å². The highest BCUT2D eigenvalue weighted by Gasteiger charge is 2.29. The fourth-order valence-electron chi connectivity index (χ4n) is 5.56. The Labute approximate surface area is 254 Å². The van der Waals surface area contributed by atoms with Crippen molar-refractivity contribution in [3.05, 3.63) is 95.7 Å². The summed E-state index contributed by atoms with van der Waals surface area (Å²) in [6, 6.07) is 11.3. The van der Waals surface area contributed by atoms with Crippen LogP contribution in [0.1, 0.15) is 11.5 Å².